The van der Waals surface area contributed by atoms with Crippen LogP contribution in [0.1, 0.15) is 12.6 Å². The van der Waals surface area contributed by atoms with Crippen LogP contribution in [0.5, 0.6) is 0 Å². The van der Waals surface area contributed by atoms with Crippen LogP contribution in [0.2, 0.25) is 0 Å². The molecule has 0 atom stereocenters. The highest BCUT2D eigenvalue weighted by Gasteiger charge is 2.09. The first-order chi connectivity index (χ1) is 5.20. The molecule has 0 saturated heterocycles. The lowest BCUT2D eigenvalue weighted by Crippen LogP contribution is -2.35. The molecule has 1 N–H and O–H groups in total. The summed E-state index contributed by atoms with van der Waals surface area (Å²) in [7, 11) is 0. The summed E-state index contributed by atoms with van der Waals surface area (Å²) in [6.07, 6.45) is 1.77. The summed E-state index contributed by atoms with van der Waals surface area (Å²) < 4.78 is 0.960. The maximum Gasteiger partial charge on any atom is 0.241 e. The van der Waals surface area contributed by atoms with Gasteiger partial charge in [-0.25, -0.2) is 0 Å². The van der Waals surface area contributed by atoms with Gasteiger partial charge in [0.05, 0.1) is 6.42 Å². The molecule has 0 aliphatic rings. The maximum absolute atomic E-state index is 10.6. The highest BCUT2D eigenvalue weighted by molar-refractivity contribution is 5.77. The number of ketones is 1. The monoisotopic (exact) mass is 152 g/mol. The van der Waals surface area contributed by atoms with Crippen molar-refractivity contribution >= 4 is 5.78 Å². The second-order valence-corrected chi connectivity index (χ2v) is 2.42. The quantitative estimate of drug-likeness (QED) is 0.490. The van der Waals surface area contributed by atoms with Gasteiger partial charge in [0.1, 0.15) is 5.78 Å². The molecule has 0 spiro atoms. The Kier molecular flexibility index (Phi) is 2.21. The Morgan fingerprint density at radius 3 is 2.91 bits per heavy atom. The van der Waals surface area contributed by atoms with E-state index in [1.54, 1.807) is 18.2 Å². The van der Waals surface area contributed by atoms with E-state index >= 15 is 0 Å². The van der Waals surface area contributed by atoms with E-state index < -0.39 is 0 Å². The van der Waals surface area contributed by atoms with Gasteiger partial charge in [0.2, 0.25) is 11.9 Å². The molecule has 58 valence electrons. The minimum absolute atomic E-state index is 0.0407. The highest BCUT2D eigenvalue weighted by atomic mass is 16.5. The molecule has 0 aliphatic carbocycles. The Hall–Kier alpha value is -1.38. The van der Waals surface area contributed by atoms with Crippen molar-refractivity contribution < 1.29 is 14.7 Å². The third kappa shape index (κ3) is 2.04. The Labute approximate surface area is 64.9 Å². The molecule has 0 amide bonds. The fourth-order valence-corrected chi connectivity index (χ4v) is 0.865. The molecule has 3 heteroatoms. The zero-order valence-corrected chi connectivity index (χ0v) is 6.32. The summed E-state index contributed by atoms with van der Waals surface area (Å²) in [6, 6.07) is 5.19. The molecular formula is C8H10NO2+. The highest BCUT2D eigenvalue weighted by Crippen LogP contribution is 1.91. The topological polar surface area (TPSA) is 41.2 Å². The fourth-order valence-electron chi connectivity index (χ4n) is 0.865. The molecule has 0 fully saturated rings. The molecule has 3 nitrogen and oxygen atoms in total. The average molecular weight is 152 g/mol. The number of hydrogen-bond donors (Lipinski definition) is 1. The predicted octanol–water partition coefficient (Wildman–Crippen LogP) is 0.343. The fraction of sp³-hybridized carbons (Fsp3) is 0.250. The van der Waals surface area contributed by atoms with E-state index in [4.69, 9.17) is 5.21 Å². The summed E-state index contributed by atoms with van der Waals surface area (Å²) in [4.78, 5) is 10.6. The van der Waals surface area contributed by atoms with Crippen molar-refractivity contribution in [1.29, 1.82) is 0 Å². The van der Waals surface area contributed by atoms with Gasteiger partial charge >= 0.3 is 0 Å². The van der Waals surface area contributed by atoms with Crippen LogP contribution < -0.4 is 4.73 Å². The second kappa shape index (κ2) is 3.14. The lowest BCUT2D eigenvalue weighted by Gasteiger charge is -1.91. The largest absolute Gasteiger partial charge is 0.299 e. The first-order valence-corrected chi connectivity index (χ1v) is 3.38. The van der Waals surface area contributed by atoms with E-state index in [0.29, 0.717) is 5.69 Å². The van der Waals surface area contributed by atoms with Crippen LogP contribution >= 0.6 is 0 Å². The summed E-state index contributed by atoms with van der Waals surface area (Å²) in [6.45, 7) is 1.49. The average Bonchev–Trinajstić information content (AvgIpc) is 1.93. The molecule has 11 heavy (non-hydrogen) atoms. The molecule has 0 radical (unpaired) electrons. The SMILES string of the molecule is CC(=O)Cc1cccc[n+]1O. The lowest BCUT2D eigenvalue weighted by atomic mass is 10.2. The summed E-state index contributed by atoms with van der Waals surface area (Å²) in [5, 5.41) is 9.12. The second-order valence-electron chi connectivity index (χ2n) is 2.42. The zero-order chi connectivity index (χ0) is 8.27. The van der Waals surface area contributed by atoms with Gasteiger partial charge in [-0.1, -0.05) is 0 Å². The summed E-state index contributed by atoms with van der Waals surface area (Å²) in [5.74, 6) is 0.0407. The van der Waals surface area contributed by atoms with Crippen LogP contribution in [0.15, 0.2) is 24.4 Å². The van der Waals surface area contributed by atoms with Crippen LogP contribution in [0.4, 0.5) is 0 Å². The molecule has 1 aromatic rings. The number of carbonyl (C=O) groups excluding carboxylic acids is 1. The van der Waals surface area contributed by atoms with Crippen molar-refractivity contribution in [3.8, 4) is 0 Å². The molecular weight excluding hydrogens is 142 g/mol. The van der Waals surface area contributed by atoms with E-state index in [-0.39, 0.29) is 12.2 Å². The molecule has 1 rings (SSSR count). The third-order valence-electron chi connectivity index (χ3n) is 1.35. The van der Waals surface area contributed by atoms with Gasteiger partial charge in [0.25, 0.3) is 0 Å². The third-order valence-corrected chi connectivity index (χ3v) is 1.35. The van der Waals surface area contributed by atoms with E-state index in [0.717, 1.165) is 4.73 Å². The molecule has 1 heterocycles. The molecule has 0 aliphatic heterocycles. The van der Waals surface area contributed by atoms with Crippen molar-refractivity contribution in [3.05, 3.63) is 30.1 Å². The minimum atomic E-state index is 0.0407. The Morgan fingerprint density at radius 1 is 1.64 bits per heavy atom. The van der Waals surface area contributed by atoms with Crippen molar-refractivity contribution in [2.75, 3.05) is 0 Å². The van der Waals surface area contributed by atoms with Crippen LogP contribution in [0.3, 0.4) is 0 Å². The molecule has 0 unspecified atom stereocenters. The standard InChI is InChI=1S/C8H10NO2/c1-7(10)6-8-4-2-3-5-9(8)11/h2-5,11H,6H2,1H3/q+1. The Bertz CT molecular complexity index is 271. The molecule has 0 saturated carbocycles. The van der Waals surface area contributed by atoms with Gasteiger partial charge in [-0.05, 0) is 13.0 Å². The van der Waals surface area contributed by atoms with Gasteiger partial charge in [0.15, 0.2) is 0 Å². The lowest BCUT2D eigenvalue weighted by molar-refractivity contribution is -0.909. The normalized spacial score (nSPS) is 9.55. The summed E-state index contributed by atoms with van der Waals surface area (Å²) >= 11 is 0. The molecule has 0 bridgehead atoms. The van der Waals surface area contributed by atoms with Crippen molar-refractivity contribution in [2.24, 2.45) is 0 Å². The van der Waals surface area contributed by atoms with Crippen LogP contribution in [-0.4, -0.2) is 11.0 Å². The number of Topliss-reactive ketones (excluding diaryl/α,β-unsaturated/α-hetero) is 1. The van der Waals surface area contributed by atoms with Gasteiger partial charge in [-0.3, -0.25) is 10.0 Å². The van der Waals surface area contributed by atoms with Crippen LogP contribution in [-0.2, 0) is 11.2 Å². The first kappa shape index (κ1) is 7.72. The van der Waals surface area contributed by atoms with E-state index in [9.17, 15) is 4.79 Å². The van der Waals surface area contributed by atoms with Gasteiger partial charge in [0, 0.05) is 16.9 Å². The Balaban J connectivity index is 2.86. The number of carbonyl (C=O) groups is 1. The first-order valence-electron chi connectivity index (χ1n) is 3.38. The van der Waals surface area contributed by atoms with E-state index in [1.165, 1.54) is 13.1 Å². The predicted molar refractivity (Wildman–Crippen MR) is 38.2 cm³/mol. The van der Waals surface area contributed by atoms with E-state index in [2.05, 4.69) is 0 Å². The van der Waals surface area contributed by atoms with Gasteiger partial charge in [-0.15, -0.1) is 0 Å². The van der Waals surface area contributed by atoms with Crippen molar-refractivity contribution in [3.63, 3.8) is 0 Å². The number of hydrogen-bond acceptors (Lipinski definition) is 2. The number of nitrogens with zero attached hydrogens (tertiary/aromatic N) is 1. The smallest absolute Gasteiger partial charge is 0.241 e. The van der Waals surface area contributed by atoms with E-state index in [1.807, 2.05) is 0 Å². The molecule has 1 aromatic heterocycles. The van der Waals surface area contributed by atoms with Crippen LogP contribution in [0.25, 0.3) is 0 Å². The number of aromatic nitrogens is 1. The van der Waals surface area contributed by atoms with Crippen molar-refractivity contribution in [1.82, 2.24) is 0 Å². The number of pyridine rings is 1. The zero-order valence-electron chi connectivity index (χ0n) is 6.32. The van der Waals surface area contributed by atoms with Crippen LogP contribution in [0, 0.1) is 0 Å². The summed E-state index contributed by atoms with van der Waals surface area (Å²) in [5.41, 5.74) is 0.611. The molecule has 0 aromatic carbocycles. The van der Waals surface area contributed by atoms with Gasteiger partial charge < -0.3 is 0 Å². The minimum Gasteiger partial charge on any atom is -0.299 e. The van der Waals surface area contributed by atoms with Gasteiger partial charge in [-0.2, -0.15) is 0 Å². The number of rotatable bonds is 2. The Morgan fingerprint density at radius 2 is 2.36 bits per heavy atom. The van der Waals surface area contributed by atoms with Crippen molar-refractivity contribution in [2.45, 2.75) is 13.3 Å². The maximum atomic E-state index is 10.6.